The molecule has 4 nitrogen and oxygen atoms in total. The molecule has 0 radical (unpaired) electrons. The summed E-state index contributed by atoms with van der Waals surface area (Å²) in [6.07, 6.45) is 5.33. The van der Waals surface area contributed by atoms with Gasteiger partial charge in [-0.15, -0.1) is 11.3 Å². The highest BCUT2D eigenvalue weighted by atomic mass is 79.9. The number of hydrogen-bond acceptors (Lipinski definition) is 3. The van der Waals surface area contributed by atoms with Crippen molar-refractivity contribution in [3.8, 4) is 0 Å². The van der Waals surface area contributed by atoms with Gasteiger partial charge in [0.25, 0.3) is 5.91 Å². The number of rotatable bonds is 4. The molecule has 2 rings (SSSR count). The summed E-state index contributed by atoms with van der Waals surface area (Å²) in [5.74, 6) is -0.0242. The quantitative estimate of drug-likeness (QED) is 0.942. The summed E-state index contributed by atoms with van der Waals surface area (Å²) in [7, 11) is 0. The van der Waals surface area contributed by atoms with Crippen molar-refractivity contribution in [3.63, 3.8) is 0 Å². The van der Waals surface area contributed by atoms with Gasteiger partial charge in [-0.1, -0.05) is 0 Å². The van der Waals surface area contributed by atoms with Crippen molar-refractivity contribution in [2.75, 3.05) is 6.54 Å². The molecule has 0 fully saturated rings. The van der Waals surface area contributed by atoms with Gasteiger partial charge in [0.05, 0.1) is 15.0 Å². The molecule has 0 aliphatic rings. The second-order valence-corrected chi connectivity index (χ2v) is 5.99. The summed E-state index contributed by atoms with van der Waals surface area (Å²) in [5.41, 5.74) is 1.09. The minimum absolute atomic E-state index is 0.0242. The minimum Gasteiger partial charge on any atom is -0.350 e. The van der Waals surface area contributed by atoms with Crippen LogP contribution in [0.3, 0.4) is 0 Å². The molecule has 0 aliphatic carbocycles. The van der Waals surface area contributed by atoms with E-state index in [1.54, 1.807) is 12.5 Å². The Bertz CT molecular complexity index is 487. The van der Waals surface area contributed by atoms with Crippen LogP contribution in [0, 0.1) is 6.92 Å². The summed E-state index contributed by atoms with van der Waals surface area (Å²) in [6.45, 7) is 3.31. The first-order valence-electron chi connectivity index (χ1n) is 5.16. The Kier molecular flexibility index (Phi) is 3.96. The van der Waals surface area contributed by atoms with Crippen LogP contribution in [0.25, 0.3) is 0 Å². The van der Waals surface area contributed by atoms with Gasteiger partial charge in [0.2, 0.25) is 0 Å². The van der Waals surface area contributed by atoms with Gasteiger partial charge < -0.3 is 9.88 Å². The number of imidazole rings is 1. The maximum Gasteiger partial charge on any atom is 0.261 e. The van der Waals surface area contributed by atoms with Crippen LogP contribution >= 0.6 is 27.3 Å². The van der Waals surface area contributed by atoms with Gasteiger partial charge >= 0.3 is 0 Å². The van der Waals surface area contributed by atoms with E-state index in [1.807, 2.05) is 23.8 Å². The highest BCUT2D eigenvalue weighted by molar-refractivity contribution is 9.11. The molecule has 0 unspecified atom stereocenters. The Labute approximate surface area is 112 Å². The van der Waals surface area contributed by atoms with E-state index >= 15 is 0 Å². The van der Waals surface area contributed by atoms with Crippen LogP contribution < -0.4 is 5.32 Å². The lowest BCUT2D eigenvalue weighted by atomic mass is 10.3. The topological polar surface area (TPSA) is 46.9 Å². The number of carbonyl (C=O) groups is 1. The maximum atomic E-state index is 11.8. The molecule has 1 amide bonds. The van der Waals surface area contributed by atoms with Crippen molar-refractivity contribution in [2.45, 2.75) is 13.5 Å². The molecule has 0 atom stereocenters. The number of thiophene rings is 1. The summed E-state index contributed by atoms with van der Waals surface area (Å²) >= 11 is 4.87. The van der Waals surface area contributed by atoms with Gasteiger partial charge in [0.15, 0.2) is 0 Å². The summed E-state index contributed by atoms with van der Waals surface area (Å²) in [4.78, 5) is 16.5. The molecule has 17 heavy (non-hydrogen) atoms. The van der Waals surface area contributed by atoms with E-state index in [0.29, 0.717) is 6.54 Å². The van der Waals surface area contributed by atoms with Crippen molar-refractivity contribution < 1.29 is 4.79 Å². The smallest absolute Gasteiger partial charge is 0.261 e. The minimum atomic E-state index is -0.0242. The average Bonchev–Trinajstić information content (AvgIpc) is 2.90. The molecule has 0 saturated carbocycles. The number of hydrogen-bond donors (Lipinski definition) is 1. The van der Waals surface area contributed by atoms with E-state index in [1.165, 1.54) is 11.3 Å². The number of carbonyl (C=O) groups excluding carboxylic acids is 1. The van der Waals surface area contributed by atoms with Crippen LogP contribution in [0.2, 0.25) is 0 Å². The van der Waals surface area contributed by atoms with Crippen molar-refractivity contribution in [1.29, 1.82) is 0 Å². The fourth-order valence-corrected chi connectivity index (χ4v) is 2.83. The molecule has 6 heteroatoms. The lowest BCUT2D eigenvalue weighted by molar-refractivity contribution is 0.0956. The van der Waals surface area contributed by atoms with Crippen LogP contribution in [0.4, 0.5) is 0 Å². The predicted molar refractivity (Wildman–Crippen MR) is 71.3 cm³/mol. The van der Waals surface area contributed by atoms with Gasteiger partial charge in [-0.05, 0) is 34.5 Å². The van der Waals surface area contributed by atoms with Gasteiger partial charge in [0, 0.05) is 25.5 Å². The Morgan fingerprint density at radius 2 is 2.47 bits per heavy atom. The van der Waals surface area contributed by atoms with Gasteiger partial charge in [0.1, 0.15) is 0 Å². The molecule has 0 aliphatic heterocycles. The van der Waals surface area contributed by atoms with Crippen molar-refractivity contribution >= 4 is 33.2 Å². The summed E-state index contributed by atoms with van der Waals surface area (Å²) < 4.78 is 2.94. The third kappa shape index (κ3) is 3.17. The zero-order chi connectivity index (χ0) is 12.3. The normalized spacial score (nSPS) is 10.5. The van der Waals surface area contributed by atoms with Gasteiger partial charge in [-0.3, -0.25) is 4.79 Å². The molecule has 1 N–H and O–H groups in total. The monoisotopic (exact) mass is 313 g/mol. The molecule has 0 bridgehead atoms. The van der Waals surface area contributed by atoms with Crippen LogP contribution in [0.5, 0.6) is 0 Å². The van der Waals surface area contributed by atoms with E-state index in [9.17, 15) is 4.79 Å². The highest BCUT2D eigenvalue weighted by Crippen LogP contribution is 2.27. The van der Waals surface area contributed by atoms with Crippen molar-refractivity contribution in [3.05, 3.63) is 39.0 Å². The van der Waals surface area contributed by atoms with Crippen molar-refractivity contribution in [1.82, 2.24) is 14.9 Å². The SMILES string of the molecule is Cc1cc(C(=O)NCCn2ccnc2)sc1Br. The first kappa shape index (κ1) is 12.3. The average molecular weight is 314 g/mol. The number of halogens is 1. The Morgan fingerprint density at radius 1 is 1.65 bits per heavy atom. The van der Waals surface area contributed by atoms with Crippen LogP contribution in [-0.4, -0.2) is 22.0 Å². The van der Waals surface area contributed by atoms with E-state index in [0.717, 1.165) is 20.8 Å². The second kappa shape index (κ2) is 5.46. The molecule has 2 aromatic rings. The number of nitrogens with one attached hydrogen (secondary N) is 1. The molecular formula is C11H12BrN3OS. The largest absolute Gasteiger partial charge is 0.350 e. The molecule has 90 valence electrons. The maximum absolute atomic E-state index is 11.8. The highest BCUT2D eigenvalue weighted by Gasteiger charge is 2.10. The van der Waals surface area contributed by atoms with E-state index in [4.69, 9.17) is 0 Å². The zero-order valence-corrected chi connectivity index (χ0v) is 11.7. The number of amides is 1. The Hall–Kier alpha value is -1.14. The van der Waals surface area contributed by atoms with Crippen LogP contribution in [-0.2, 0) is 6.54 Å². The van der Waals surface area contributed by atoms with Gasteiger partial charge in [-0.25, -0.2) is 4.98 Å². The molecule has 2 aromatic heterocycles. The zero-order valence-electron chi connectivity index (χ0n) is 9.31. The summed E-state index contributed by atoms with van der Waals surface area (Å²) in [5, 5.41) is 2.88. The molecule has 0 saturated heterocycles. The Balaban J connectivity index is 1.85. The standard InChI is InChI=1S/C11H12BrN3OS/c1-8-6-9(17-10(8)12)11(16)14-3-5-15-4-2-13-7-15/h2,4,6-7H,3,5H2,1H3,(H,14,16). The summed E-state index contributed by atoms with van der Waals surface area (Å²) in [6, 6.07) is 1.89. The molecule has 0 aromatic carbocycles. The third-order valence-electron chi connectivity index (χ3n) is 2.30. The van der Waals surface area contributed by atoms with Crippen LogP contribution in [0.15, 0.2) is 28.6 Å². The fraction of sp³-hybridized carbons (Fsp3) is 0.273. The lowest BCUT2D eigenvalue weighted by Crippen LogP contribution is -2.26. The lowest BCUT2D eigenvalue weighted by Gasteiger charge is -2.03. The predicted octanol–water partition coefficient (Wildman–Crippen LogP) is 2.45. The van der Waals surface area contributed by atoms with E-state index < -0.39 is 0 Å². The number of aromatic nitrogens is 2. The number of aryl methyl sites for hydroxylation is 1. The fourth-order valence-electron chi connectivity index (χ4n) is 1.38. The Morgan fingerprint density at radius 3 is 3.06 bits per heavy atom. The van der Waals surface area contributed by atoms with E-state index in [-0.39, 0.29) is 5.91 Å². The molecule has 2 heterocycles. The van der Waals surface area contributed by atoms with Gasteiger partial charge in [-0.2, -0.15) is 0 Å². The molecule has 0 spiro atoms. The van der Waals surface area contributed by atoms with Crippen LogP contribution in [0.1, 0.15) is 15.2 Å². The van der Waals surface area contributed by atoms with Crippen molar-refractivity contribution in [2.24, 2.45) is 0 Å². The third-order valence-corrected chi connectivity index (χ3v) is 4.43. The first-order chi connectivity index (χ1) is 8.16. The first-order valence-corrected chi connectivity index (χ1v) is 6.77. The number of nitrogens with zero attached hydrogens (tertiary/aromatic N) is 2. The van der Waals surface area contributed by atoms with E-state index in [2.05, 4.69) is 26.2 Å². The molecular weight excluding hydrogens is 302 g/mol. The second-order valence-electron chi connectivity index (χ2n) is 3.62.